The summed E-state index contributed by atoms with van der Waals surface area (Å²) < 4.78 is 2.49. The molecule has 126 valence electrons. The second kappa shape index (κ2) is 7.53. The molecule has 3 rings (SSSR count). The van der Waals surface area contributed by atoms with Crippen molar-refractivity contribution in [3.8, 4) is 0 Å². The lowest BCUT2D eigenvalue weighted by atomic mass is 9.79. The van der Waals surface area contributed by atoms with Gasteiger partial charge in [0.25, 0.3) is 0 Å². The zero-order chi connectivity index (χ0) is 16.1. The van der Waals surface area contributed by atoms with Crippen LogP contribution >= 0.6 is 0 Å². The summed E-state index contributed by atoms with van der Waals surface area (Å²) in [4.78, 5) is 0. The number of para-hydroxylation sites is 1. The molecule has 2 aromatic rings. The minimum atomic E-state index is 0.229. The summed E-state index contributed by atoms with van der Waals surface area (Å²) in [5, 5.41) is 1.44. The van der Waals surface area contributed by atoms with Crippen LogP contribution in [0.4, 0.5) is 0 Å². The highest BCUT2D eigenvalue weighted by molar-refractivity contribution is 5.85. The van der Waals surface area contributed by atoms with Crippen molar-refractivity contribution in [3.05, 3.63) is 36.0 Å². The summed E-state index contributed by atoms with van der Waals surface area (Å²) >= 11 is 0. The topological polar surface area (TPSA) is 30.9 Å². The van der Waals surface area contributed by atoms with Gasteiger partial charge in [-0.25, -0.2) is 0 Å². The highest BCUT2D eigenvalue weighted by atomic mass is 15.0. The number of unbranched alkanes of at least 4 members (excludes halogenated alkanes) is 4. The fourth-order valence-corrected chi connectivity index (χ4v) is 4.38. The van der Waals surface area contributed by atoms with Crippen molar-refractivity contribution >= 4 is 10.9 Å². The fourth-order valence-electron chi connectivity index (χ4n) is 4.38. The molecule has 0 radical (unpaired) electrons. The maximum atomic E-state index is 6.25. The molecule has 1 heterocycles. The Bertz CT molecular complexity index is 620. The van der Waals surface area contributed by atoms with Crippen molar-refractivity contribution < 1.29 is 0 Å². The van der Waals surface area contributed by atoms with E-state index in [0.29, 0.717) is 0 Å². The van der Waals surface area contributed by atoms with Crippen LogP contribution < -0.4 is 5.73 Å². The van der Waals surface area contributed by atoms with Crippen molar-refractivity contribution in [1.29, 1.82) is 0 Å². The molecule has 0 amide bonds. The molecule has 2 heteroatoms. The van der Waals surface area contributed by atoms with Crippen molar-refractivity contribution in [2.45, 2.75) is 76.7 Å². The molecular weight excluding hydrogens is 280 g/mol. The Morgan fingerprint density at radius 2 is 1.78 bits per heavy atom. The zero-order valence-corrected chi connectivity index (χ0v) is 14.7. The predicted molar refractivity (Wildman–Crippen MR) is 99.9 cm³/mol. The molecule has 0 bridgehead atoms. The minimum Gasteiger partial charge on any atom is -0.347 e. The Kier molecular flexibility index (Phi) is 5.42. The average Bonchev–Trinajstić information content (AvgIpc) is 3.20. The van der Waals surface area contributed by atoms with Crippen molar-refractivity contribution in [2.75, 3.05) is 6.54 Å². The van der Waals surface area contributed by atoms with Crippen LogP contribution in [0, 0.1) is 0 Å². The van der Waals surface area contributed by atoms with E-state index in [1.807, 2.05) is 0 Å². The second-order valence-corrected chi connectivity index (χ2v) is 7.36. The normalized spacial score (nSPS) is 17.1. The lowest BCUT2D eigenvalue weighted by Gasteiger charge is -2.27. The number of hydrogen-bond donors (Lipinski definition) is 1. The standard InChI is InChI=1S/C21H32N2/c1-2-3-4-5-10-15-23-16-19(18-11-6-7-12-20(18)23)21(17-22)13-8-9-14-21/h6-7,11-12,16H,2-5,8-10,13-15,17,22H2,1H3. The third-order valence-electron chi connectivity index (χ3n) is 5.81. The molecule has 1 aromatic carbocycles. The number of nitrogens with two attached hydrogens (primary N) is 1. The zero-order valence-electron chi connectivity index (χ0n) is 14.7. The van der Waals surface area contributed by atoms with Gasteiger partial charge in [0.05, 0.1) is 0 Å². The van der Waals surface area contributed by atoms with E-state index >= 15 is 0 Å². The molecular formula is C21H32N2. The average molecular weight is 313 g/mol. The smallest absolute Gasteiger partial charge is 0.0483 e. The summed E-state index contributed by atoms with van der Waals surface area (Å²) in [6.07, 6.45) is 14.3. The number of aromatic nitrogens is 1. The SMILES string of the molecule is CCCCCCCn1cc(C2(CN)CCCC2)c2ccccc21. The summed E-state index contributed by atoms with van der Waals surface area (Å²) in [6.45, 7) is 4.21. The first kappa shape index (κ1) is 16.6. The quantitative estimate of drug-likeness (QED) is 0.652. The summed E-state index contributed by atoms with van der Waals surface area (Å²) in [5.74, 6) is 0. The Morgan fingerprint density at radius 3 is 2.52 bits per heavy atom. The van der Waals surface area contributed by atoms with E-state index in [-0.39, 0.29) is 5.41 Å². The number of nitrogens with zero attached hydrogens (tertiary/aromatic N) is 1. The van der Waals surface area contributed by atoms with Gasteiger partial charge in [0.1, 0.15) is 0 Å². The van der Waals surface area contributed by atoms with Gasteiger partial charge in [0.15, 0.2) is 0 Å². The first-order valence-corrected chi connectivity index (χ1v) is 9.59. The van der Waals surface area contributed by atoms with Crippen molar-refractivity contribution in [1.82, 2.24) is 4.57 Å². The molecule has 0 atom stereocenters. The fraction of sp³-hybridized carbons (Fsp3) is 0.619. The van der Waals surface area contributed by atoms with Gasteiger partial charge >= 0.3 is 0 Å². The van der Waals surface area contributed by atoms with Crippen LogP contribution in [-0.2, 0) is 12.0 Å². The van der Waals surface area contributed by atoms with Crippen molar-refractivity contribution in [2.24, 2.45) is 5.73 Å². The molecule has 23 heavy (non-hydrogen) atoms. The molecule has 0 aliphatic heterocycles. The highest BCUT2D eigenvalue weighted by Crippen LogP contribution is 2.43. The van der Waals surface area contributed by atoms with Crippen LogP contribution in [0.2, 0.25) is 0 Å². The Labute approximate surface area is 141 Å². The largest absolute Gasteiger partial charge is 0.347 e. The molecule has 2 nitrogen and oxygen atoms in total. The van der Waals surface area contributed by atoms with Gasteiger partial charge in [0.2, 0.25) is 0 Å². The number of rotatable bonds is 8. The Balaban J connectivity index is 1.85. The predicted octanol–water partition coefficient (Wildman–Crippen LogP) is 5.38. The van der Waals surface area contributed by atoms with Gasteiger partial charge in [-0.05, 0) is 30.9 Å². The van der Waals surface area contributed by atoms with E-state index in [2.05, 4.69) is 42.0 Å². The van der Waals surface area contributed by atoms with Crippen molar-refractivity contribution in [3.63, 3.8) is 0 Å². The number of fused-ring (bicyclic) bond motifs is 1. The van der Waals surface area contributed by atoms with Gasteiger partial charge in [-0.15, -0.1) is 0 Å². The summed E-state index contributed by atoms with van der Waals surface area (Å²) in [5.41, 5.74) is 9.39. The van der Waals surface area contributed by atoms with Crippen LogP contribution in [0.3, 0.4) is 0 Å². The maximum Gasteiger partial charge on any atom is 0.0483 e. The van der Waals surface area contributed by atoms with E-state index in [9.17, 15) is 0 Å². The Morgan fingerprint density at radius 1 is 1.04 bits per heavy atom. The van der Waals surface area contributed by atoms with Gasteiger partial charge < -0.3 is 10.3 Å². The minimum absolute atomic E-state index is 0.229. The first-order chi connectivity index (χ1) is 11.3. The molecule has 0 spiro atoms. The maximum absolute atomic E-state index is 6.25. The second-order valence-electron chi connectivity index (χ2n) is 7.36. The molecule has 1 aliphatic carbocycles. The third kappa shape index (κ3) is 3.33. The molecule has 0 saturated heterocycles. The van der Waals surface area contributed by atoms with Gasteiger partial charge in [-0.2, -0.15) is 0 Å². The van der Waals surface area contributed by atoms with Crippen LogP contribution in [0.15, 0.2) is 30.5 Å². The number of aryl methyl sites for hydroxylation is 1. The van der Waals surface area contributed by atoms with E-state index < -0.39 is 0 Å². The molecule has 1 saturated carbocycles. The lowest BCUT2D eigenvalue weighted by molar-refractivity contribution is 0.454. The van der Waals surface area contributed by atoms with E-state index in [1.165, 1.54) is 74.3 Å². The van der Waals surface area contributed by atoms with E-state index in [1.54, 1.807) is 0 Å². The van der Waals surface area contributed by atoms with E-state index in [4.69, 9.17) is 5.73 Å². The van der Waals surface area contributed by atoms with E-state index in [0.717, 1.165) is 13.1 Å². The summed E-state index contributed by atoms with van der Waals surface area (Å²) in [6, 6.07) is 8.93. The molecule has 0 unspecified atom stereocenters. The summed E-state index contributed by atoms with van der Waals surface area (Å²) in [7, 11) is 0. The molecule has 1 aromatic heterocycles. The van der Waals surface area contributed by atoms with Crippen LogP contribution in [-0.4, -0.2) is 11.1 Å². The lowest BCUT2D eigenvalue weighted by Crippen LogP contribution is -2.31. The molecule has 2 N–H and O–H groups in total. The molecule has 1 fully saturated rings. The third-order valence-corrected chi connectivity index (χ3v) is 5.81. The van der Waals surface area contributed by atoms with Gasteiger partial charge in [0, 0.05) is 35.6 Å². The van der Waals surface area contributed by atoms with Crippen LogP contribution in [0.25, 0.3) is 10.9 Å². The number of hydrogen-bond acceptors (Lipinski definition) is 1. The Hall–Kier alpha value is -1.28. The van der Waals surface area contributed by atoms with Gasteiger partial charge in [-0.1, -0.05) is 63.6 Å². The van der Waals surface area contributed by atoms with Crippen LogP contribution in [0.5, 0.6) is 0 Å². The molecule has 1 aliphatic rings. The van der Waals surface area contributed by atoms with Crippen LogP contribution in [0.1, 0.15) is 70.3 Å². The highest BCUT2D eigenvalue weighted by Gasteiger charge is 2.36. The monoisotopic (exact) mass is 312 g/mol. The number of benzene rings is 1. The van der Waals surface area contributed by atoms with Gasteiger partial charge in [-0.3, -0.25) is 0 Å². The first-order valence-electron chi connectivity index (χ1n) is 9.59.